The fourth-order valence-electron chi connectivity index (χ4n) is 2.92. The zero-order chi connectivity index (χ0) is 16.1. The van der Waals surface area contributed by atoms with E-state index in [0.29, 0.717) is 0 Å². The lowest BCUT2D eigenvalue weighted by Crippen LogP contribution is -2.41. The van der Waals surface area contributed by atoms with E-state index in [9.17, 15) is 4.39 Å². The maximum absolute atomic E-state index is 13.2. The quantitative estimate of drug-likeness (QED) is 0.376. The third-order valence-corrected chi connectivity index (χ3v) is 4.16. The lowest BCUT2D eigenvalue weighted by Gasteiger charge is -2.14. The van der Waals surface area contributed by atoms with Crippen molar-refractivity contribution in [2.24, 2.45) is 4.99 Å². The molecule has 3 rings (SSSR count). The minimum Gasteiger partial charge on any atom is -0.376 e. The second-order valence-electron chi connectivity index (χ2n) is 5.77. The molecule has 2 aromatic rings. The number of halogens is 2. The normalized spacial score (nSPS) is 17.8. The number of fused-ring (bicyclic) bond motifs is 1. The number of rotatable bonds is 5. The Morgan fingerprint density at radius 3 is 3.04 bits per heavy atom. The van der Waals surface area contributed by atoms with Gasteiger partial charge in [-0.25, -0.2) is 4.39 Å². The van der Waals surface area contributed by atoms with Gasteiger partial charge in [0.15, 0.2) is 5.96 Å². The van der Waals surface area contributed by atoms with Gasteiger partial charge in [0.05, 0.1) is 6.10 Å². The van der Waals surface area contributed by atoms with E-state index in [2.05, 4.69) is 20.6 Å². The Morgan fingerprint density at radius 1 is 1.42 bits per heavy atom. The molecule has 7 heteroatoms. The molecule has 1 aromatic heterocycles. The molecule has 0 spiro atoms. The van der Waals surface area contributed by atoms with Crippen molar-refractivity contribution in [1.29, 1.82) is 0 Å². The van der Waals surface area contributed by atoms with Crippen LogP contribution >= 0.6 is 24.0 Å². The SMILES string of the molecule is CN=C(NCCc1c[nH]c2cc(F)ccc12)NCC1CCCO1.I. The number of aromatic nitrogens is 1. The van der Waals surface area contributed by atoms with Crippen LogP contribution in [0.3, 0.4) is 0 Å². The Labute approximate surface area is 158 Å². The van der Waals surface area contributed by atoms with Crippen LogP contribution in [0.15, 0.2) is 29.4 Å². The highest BCUT2D eigenvalue weighted by atomic mass is 127. The van der Waals surface area contributed by atoms with E-state index < -0.39 is 0 Å². The van der Waals surface area contributed by atoms with E-state index >= 15 is 0 Å². The standard InChI is InChI=1S/C17H23FN4O.HI/c1-19-17(22-11-14-3-2-8-23-14)20-7-6-12-10-21-16-9-13(18)4-5-15(12)16;/h4-5,9-10,14,21H,2-3,6-8,11H2,1H3,(H2,19,20,22);1H. The first kappa shape index (κ1) is 19.0. The largest absolute Gasteiger partial charge is 0.376 e. The first-order chi connectivity index (χ1) is 11.3. The second-order valence-corrected chi connectivity index (χ2v) is 5.77. The molecule has 0 amide bonds. The fourth-order valence-corrected chi connectivity index (χ4v) is 2.92. The van der Waals surface area contributed by atoms with Crippen LogP contribution in [0.5, 0.6) is 0 Å². The van der Waals surface area contributed by atoms with Crippen LogP contribution in [0.2, 0.25) is 0 Å². The van der Waals surface area contributed by atoms with Crippen LogP contribution in [0.4, 0.5) is 4.39 Å². The Hall–Kier alpha value is -1.35. The number of aromatic amines is 1. The number of ether oxygens (including phenoxy) is 1. The predicted octanol–water partition coefficient (Wildman–Crippen LogP) is 2.81. The van der Waals surface area contributed by atoms with E-state index in [-0.39, 0.29) is 35.9 Å². The molecule has 0 radical (unpaired) electrons. The van der Waals surface area contributed by atoms with Gasteiger partial charge in [-0.3, -0.25) is 4.99 Å². The summed E-state index contributed by atoms with van der Waals surface area (Å²) in [4.78, 5) is 7.34. The van der Waals surface area contributed by atoms with Crippen LogP contribution in [-0.4, -0.2) is 43.8 Å². The second kappa shape index (κ2) is 9.22. The molecule has 1 atom stereocenters. The van der Waals surface area contributed by atoms with Gasteiger partial charge in [-0.15, -0.1) is 24.0 Å². The van der Waals surface area contributed by atoms with Crippen molar-refractivity contribution in [2.45, 2.75) is 25.4 Å². The summed E-state index contributed by atoms with van der Waals surface area (Å²) in [5, 5.41) is 7.66. The third-order valence-electron chi connectivity index (χ3n) is 4.16. The molecular weight excluding hydrogens is 422 g/mol. The van der Waals surface area contributed by atoms with Crippen molar-refractivity contribution in [1.82, 2.24) is 15.6 Å². The zero-order valence-corrected chi connectivity index (χ0v) is 16.1. The number of benzene rings is 1. The fraction of sp³-hybridized carbons (Fsp3) is 0.471. The number of aliphatic imine (C=N–C) groups is 1. The summed E-state index contributed by atoms with van der Waals surface area (Å²) < 4.78 is 18.8. The lowest BCUT2D eigenvalue weighted by molar-refractivity contribution is 0.114. The Bertz CT molecular complexity index is 682. The smallest absolute Gasteiger partial charge is 0.191 e. The first-order valence-corrected chi connectivity index (χ1v) is 8.08. The van der Waals surface area contributed by atoms with Crippen molar-refractivity contribution in [2.75, 3.05) is 26.7 Å². The number of hydrogen-bond donors (Lipinski definition) is 3. The summed E-state index contributed by atoms with van der Waals surface area (Å²) in [7, 11) is 1.76. The monoisotopic (exact) mass is 446 g/mol. The lowest BCUT2D eigenvalue weighted by atomic mass is 10.1. The van der Waals surface area contributed by atoms with E-state index in [1.165, 1.54) is 17.7 Å². The number of guanidine groups is 1. The average Bonchev–Trinajstić information content (AvgIpc) is 3.20. The number of H-pyrrole nitrogens is 1. The first-order valence-electron chi connectivity index (χ1n) is 8.08. The zero-order valence-electron chi connectivity index (χ0n) is 13.8. The van der Waals surface area contributed by atoms with Crippen molar-refractivity contribution in [3.63, 3.8) is 0 Å². The molecular formula is C17H24FIN4O. The average molecular weight is 446 g/mol. The molecule has 1 aliphatic rings. The van der Waals surface area contributed by atoms with Gasteiger partial charge in [0.2, 0.25) is 0 Å². The highest BCUT2D eigenvalue weighted by molar-refractivity contribution is 14.0. The summed E-state index contributed by atoms with van der Waals surface area (Å²) in [6.45, 7) is 2.40. The molecule has 0 aliphatic carbocycles. The van der Waals surface area contributed by atoms with Gasteiger partial charge in [-0.2, -0.15) is 0 Å². The molecule has 5 nitrogen and oxygen atoms in total. The van der Waals surface area contributed by atoms with Gasteiger partial charge in [0, 0.05) is 43.8 Å². The van der Waals surface area contributed by atoms with Crippen molar-refractivity contribution < 1.29 is 9.13 Å². The summed E-state index contributed by atoms with van der Waals surface area (Å²) in [5.74, 6) is 0.564. The number of nitrogens with zero attached hydrogens (tertiary/aromatic N) is 1. The molecule has 0 bridgehead atoms. The Morgan fingerprint density at radius 2 is 2.29 bits per heavy atom. The summed E-state index contributed by atoms with van der Waals surface area (Å²) >= 11 is 0. The van der Waals surface area contributed by atoms with E-state index in [1.54, 1.807) is 7.05 Å². The van der Waals surface area contributed by atoms with Crippen LogP contribution in [0.25, 0.3) is 10.9 Å². The van der Waals surface area contributed by atoms with Gasteiger partial charge in [0.25, 0.3) is 0 Å². The highest BCUT2D eigenvalue weighted by Crippen LogP contribution is 2.19. The molecule has 0 saturated carbocycles. The Kier molecular flexibility index (Phi) is 7.29. The molecule has 2 heterocycles. The van der Waals surface area contributed by atoms with Gasteiger partial charge in [0.1, 0.15) is 5.82 Å². The van der Waals surface area contributed by atoms with Gasteiger partial charge >= 0.3 is 0 Å². The van der Waals surface area contributed by atoms with Gasteiger partial charge in [-0.1, -0.05) is 0 Å². The maximum atomic E-state index is 13.2. The summed E-state index contributed by atoms with van der Waals surface area (Å²) in [6, 6.07) is 4.84. The predicted molar refractivity (Wildman–Crippen MR) is 106 cm³/mol. The molecule has 3 N–H and O–H groups in total. The third kappa shape index (κ3) is 4.83. The van der Waals surface area contributed by atoms with E-state index in [0.717, 1.165) is 55.8 Å². The molecule has 1 fully saturated rings. The van der Waals surface area contributed by atoms with E-state index in [1.807, 2.05) is 12.3 Å². The topological polar surface area (TPSA) is 61.4 Å². The van der Waals surface area contributed by atoms with Crippen molar-refractivity contribution >= 4 is 40.8 Å². The molecule has 1 aromatic carbocycles. The molecule has 132 valence electrons. The Balaban J connectivity index is 0.00000208. The minimum atomic E-state index is -0.220. The number of nitrogens with one attached hydrogen (secondary N) is 3. The maximum Gasteiger partial charge on any atom is 0.191 e. The van der Waals surface area contributed by atoms with Crippen molar-refractivity contribution in [3.05, 3.63) is 35.8 Å². The van der Waals surface area contributed by atoms with Crippen LogP contribution < -0.4 is 10.6 Å². The number of hydrogen-bond acceptors (Lipinski definition) is 2. The van der Waals surface area contributed by atoms with Crippen molar-refractivity contribution in [3.8, 4) is 0 Å². The van der Waals surface area contributed by atoms with Crippen LogP contribution in [0, 0.1) is 5.82 Å². The van der Waals surface area contributed by atoms with Gasteiger partial charge < -0.3 is 20.4 Å². The molecule has 1 aliphatic heterocycles. The molecule has 1 unspecified atom stereocenters. The van der Waals surface area contributed by atoms with Crippen LogP contribution in [0.1, 0.15) is 18.4 Å². The minimum absolute atomic E-state index is 0. The molecule has 1 saturated heterocycles. The van der Waals surface area contributed by atoms with Gasteiger partial charge in [-0.05, 0) is 43.0 Å². The van der Waals surface area contributed by atoms with E-state index in [4.69, 9.17) is 4.74 Å². The molecule has 24 heavy (non-hydrogen) atoms. The summed E-state index contributed by atoms with van der Waals surface area (Å²) in [5.41, 5.74) is 2.00. The van der Waals surface area contributed by atoms with Crippen LogP contribution in [-0.2, 0) is 11.2 Å². The highest BCUT2D eigenvalue weighted by Gasteiger charge is 2.15. The summed E-state index contributed by atoms with van der Waals surface area (Å²) in [6.07, 6.45) is 5.31.